The van der Waals surface area contributed by atoms with Gasteiger partial charge in [0.25, 0.3) is 0 Å². The molecule has 4 aliphatic rings. The van der Waals surface area contributed by atoms with Crippen molar-refractivity contribution >= 4 is 5.91 Å². The van der Waals surface area contributed by atoms with Crippen LogP contribution >= 0.6 is 0 Å². The number of rotatable bonds is 9. The number of carbonyl (C=O) groups is 1. The van der Waals surface area contributed by atoms with Gasteiger partial charge in [-0.15, -0.1) is 0 Å². The molecule has 5 rings (SSSR count). The van der Waals surface area contributed by atoms with Gasteiger partial charge >= 0.3 is 0 Å². The average molecular weight is 445 g/mol. The van der Waals surface area contributed by atoms with Crippen LogP contribution in [-0.2, 0) is 16.1 Å². The van der Waals surface area contributed by atoms with Crippen LogP contribution in [0.2, 0.25) is 0 Å². The number of aliphatic hydroxyl groups is 1. The van der Waals surface area contributed by atoms with Crippen LogP contribution in [0.5, 0.6) is 0 Å². The van der Waals surface area contributed by atoms with E-state index in [2.05, 4.69) is 30.1 Å². The van der Waals surface area contributed by atoms with Gasteiger partial charge in [-0.2, -0.15) is 0 Å². The zero-order valence-electron chi connectivity index (χ0n) is 19.4. The Morgan fingerprint density at radius 1 is 1.28 bits per heavy atom. The molecule has 1 saturated heterocycles. The van der Waals surface area contributed by atoms with Gasteiger partial charge in [0.1, 0.15) is 5.82 Å². The first-order chi connectivity index (χ1) is 15.3. The fourth-order valence-electron chi connectivity index (χ4n) is 5.62. The SMILES string of the molecule is CC1(C)C2CC=C(COCC(O)CN3CCC(C(=O)NCc4ccc(F)cc4)CC3)C1C2. The molecule has 3 unspecified atom stereocenters. The number of allylic oxidation sites excluding steroid dienone is 1. The predicted molar refractivity (Wildman–Crippen MR) is 122 cm³/mol. The van der Waals surface area contributed by atoms with Crippen molar-refractivity contribution in [2.45, 2.75) is 52.2 Å². The van der Waals surface area contributed by atoms with Crippen molar-refractivity contribution < 1.29 is 19.0 Å². The number of benzene rings is 1. The summed E-state index contributed by atoms with van der Waals surface area (Å²) in [5.74, 6) is 1.25. The maximum atomic E-state index is 13.0. The molecule has 1 amide bonds. The fraction of sp³-hybridized carbons (Fsp3) is 0.654. The van der Waals surface area contributed by atoms with Gasteiger partial charge in [0.05, 0.1) is 19.3 Å². The second kappa shape index (κ2) is 10.0. The second-order valence-corrected chi connectivity index (χ2v) is 10.4. The minimum absolute atomic E-state index is 0.00649. The second-order valence-electron chi connectivity index (χ2n) is 10.4. The number of nitrogens with zero attached hydrogens (tertiary/aromatic N) is 1. The van der Waals surface area contributed by atoms with Crippen LogP contribution < -0.4 is 5.32 Å². The molecule has 0 radical (unpaired) electrons. The monoisotopic (exact) mass is 444 g/mol. The van der Waals surface area contributed by atoms with E-state index in [9.17, 15) is 14.3 Å². The summed E-state index contributed by atoms with van der Waals surface area (Å²) in [5.41, 5.74) is 2.71. The molecule has 0 spiro atoms. The highest BCUT2D eigenvalue weighted by Gasteiger charge is 2.50. The highest BCUT2D eigenvalue weighted by Crippen LogP contribution is 2.59. The number of piperidine rings is 1. The topological polar surface area (TPSA) is 61.8 Å². The Kier molecular flexibility index (Phi) is 7.33. The van der Waals surface area contributed by atoms with Crippen LogP contribution in [0.1, 0.15) is 45.1 Å². The molecule has 3 atom stereocenters. The van der Waals surface area contributed by atoms with Gasteiger partial charge in [0, 0.05) is 19.0 Å². The number of carbonyl (C=O) groups excluding carboxylic acids is 1. The molecule has 0 aromatic heterocycles. The molecule has 1 aromatic carbocycles. The number of nitrogens with one attached hydrogen (secondary N) is 1. The van der Waals surface area contributed by atoms with Crippen LogP contribution in [0, 0.1) is 29.0 Å². The zero-order valence-corrected chi connectivity index (χ0v) is 19.4. The molecule has 2 bridgehead atoms. The van der Waals surface area contributed by atoms with E-state index >= 15 is 0 Å². The third-order valence-electron chi connectivity index (χ3n) is 7.97. The Morgan fingerprint density at radius 2 is 2.00 bits per heavy atom. The largest absolute Gasteiger partial charge is 0.389 e. The molecule has 1 saturated carbocycles. The first kappa shape index (κ1) is 23.4. The summed E-state index contributed by atoms with van der Waals surface area (Å²) in [4.78, 5) is 14.7. The van der Waals surface area contributed by atoms with Gasteiger partial charge in [0.15, 0.2) is 0 Å². The summed E-state index contributed by atoms with van der Waals surface area (Å²) in [6.07, 6.45) is 5.86. The minimum atomic E-state index is -0.509. The Bertz CT molecular complexity index is 815. The molecule has 1 aromatic rings. The quantitative estimate of drug-likeness (QED) is 0.572. The first-order valence-electron chi connectivity index (χ1n) is 12.0. The molecule has 1 heterocycles. The molecule has 6 heteroatoms. The van der Waals surface area contributed by atoms with E-state index in [1.54, 1.807) is 12.1 Å². The third kappa shape index (κ3) is 5.41. The highest BCUT2D eigenvalue weighted by molar-refractivity contribution is 5.78. The standard InChI is InChI=1S/C26H37FN2O3/c1-26(2)21-6-5-20(24(26)13-21)16-32-17-23(30)15-29-11-9-19(10-12-29)25(31)28-14-18-3-7-22(27)8-4-18/h3-5,7-8,19,21,23-24,30H,6,9-17H2,1-2H3,(H,28,31). The maximum Gasteiger partial charge on any atom is 0.223 e. The van der Waals surface area contributed by atoms with Gasteiger partial charge in [-0.25, -0.2) is 4.39 Å². The summed E-state index contributed by atoms with van der Waals surface area (Å²) in [7, 11) is 0. The number of fused-ring (bicyclic) bond motifs is 1. The Morgan fingerprint density at radius 3 is 2.66 bits per heavy atom. The van der Waals surface area contributed by atoms with E-state index in [1.807, 2.05) is 0 Å². The van der Waals surface area contributed by atoms with E-state index in [0.29, 0.717) is 37.6 Å². The van der Waals surface area contributed by atoms with Crippen molar-refractivity contribution in [1.82, 2.24) is 10.2 Å². The predicted octanol–water partition coefficient (Wildman–Crippen LogP) is 3.52. The van der Waals surface area contributed by atoms with Crippen molar-refractivity contribution in [3.8, 4) is 0 Å². The molecular formula is C26H37FN2O3. The number of hydrogen-bond donors (Lipinski definition) is 2. The van der Waals surface area contributed by atoms with Crippen LogP contribution in [0.15, 0.2) is 35.9 Å². The molecular weight excluding hydrogens is 407 g/mol. The van der Waals surface area contributed by atoms with Crippen molar-refractivity contribution in [1.29, 1.82) is 0 Å². The maximum absolute atomic E-state index is 13.0. The lowest BCUT2D eigenvalue weighted by atomic mass is 9.49. The van der Waals surface area contributed by atoms with Crippen molar-refractivity contribution in [2.75, 3.05) is 32.8 Å². The van der Waals surface area contributed by atoms with Crippen LogP contribution in [-0.4, -0.2) is 54.9 Å². The normalized spacial score (nSPS) is 26.2. The van der Waals surface area contributed by atoms with Crippen LogP contribution in [0.3, 0.4) is 0 Å². The molecule has 3 aliphatic carbocycles. The lowest BCUT2D eigenvalue weighted by Gasteiger charge is -2.56. The summed E-state index contributed by atoms with van der Waals surface area (Å²) >= 11 is 0. The van der Waals surface area contributed by atoms with Crippen molar-refractivity contribution in [2.24, 2.45) is 23.2 Å². The van der Waals surface area contributed by atoms with Gasteiger partial charge in [-0.1, -0.05) is 32.1 Å². The third-order valence-corrected chi connectivity index (χ3v) is 7.97. The number of halogens is 1. The summed E-state index contributed by atoms with van der Waals surface area (Å²) in [6, 6.07) is 6.20. The highest BCUT2D eigenvalue weighted by atomic mass is 19.1. The molecule has 176 valence electrons. The van der Waals surface area contributed by atoms with Gasteiger partial charge in [-0.3, -0.25) is 4.79 Å². The Labute approximate surface area is 191 Å². The average Bonchev–Trinajstić information content (AvgIpc) is 2.79. The fourth-order valence-corrected chi connectivity index (χ4v) is 5.62. The summed E-state index contributed by atoms with van der Waals surface area (Å²) in [5, 5.41) is 13.4. The lowest BCUT2D eigenvalue weighted by molar-refractivity contribution is -0.126. The molecule has 5 nitrogen and oxygen atoms in total. The number of likely N-dealkylation sites (tertiary alicyclic amines) is 1. The Hall–Kier alpha value is -1.76. The van der Waals surface area contributed by atoms with E-state index in [4.69, 9.17) is 4.74 Å². The van der Waals surface area contributed by atoms with Gasteiger partial charge < -0.3 is 20.1 Å². The number of β-amino-alcohol motifs (C(OH)–C–C–N with tert-alkyl or cyclic N) is 1. The van der Waals surface area contributed by atoms with Crippen LogP contribution in [0.4, 0.5) is 4.39 Å². The number of hydrogen-bond acceptors (Lipinski definition) is 4. The van der Waals surface area contributed by atoms with Crippen molar-refractivity contribution in [3.05, 3.63) is 47.3 Å². The van der Waals surface area contributed by atoms with E-state index in [-0.39, 0.29) is 17.6 Å². The van der Waals surface area contributed by atoms with E-state index in [1.165, 1.54) is 24.1 Å². The lowest BCUT2D eigenvalue weighted by Crippen LogP contribution is -2.48. The van der Waals surface area contributed by atoms with E-state index in [0.717, 1.165) is 43.8 Å². The zero-order chi connectivity index (χ0) is 22.7. The molecule has 2 fully saturated rings. The molecule has 32 heavy (non-hydrogen) atoms. The van der Waals surface area contributed by atoms with E-state index < -0.39 is 6.10 Å². The molecule has 1 aliphatic heterocycles. The number of amides is 1. The van der Waals surface area contributed by atoms with Crippen molar-refractivity contribution in [3.63, 3.8) is 0 Å². The summed E-state index contributed by atoms with van der Waals surface area (Å²) in [6.45, 7) is 8.31. The summed E-state index contributed by atoms with van der Waals surface area (Å²) < 4.78 is 18.9. The number of aliphatic hydroxyl groups excluding tert-OH is 1. The Balaban J connectivity index is 1.11. The molecule has 2 N–H and O–H groups in total. The minimum Gasteiger partial charge on any atom is -0.389 e. The number of ether oxygens (including phenoxy) is 1. The smallest absolute Gasteiger partial charge is 0.223 e. The van der Waals surface area contributed by atoms with Gasteiger partial charge in [-0.05, 0) is 79.3 Å². The van der Waals surface area contributed by atoms with Gasteiger partial charge in [0.2, 0.25) is 5.91 Å². The van der Waals surface area contributed by atoms with Crippen LogP contribution in [0.25, 0.3) is 0 Å². The first-order valence-corrected chi connectivity index (χ1v) is 12.0.